The van der Waals surface area contributed by atoms with Gasteiger partial charge < -0.3 is 10.8 Å². The zero-order valence-electron chi connectivity index (χ0n) is 5.98. The monoisotopic (exact) mass is 156 g/mol. The number of aromatic carboxylic acids is 1. The molecule has 0 aliphatic heterocycles. The van der Waals surface area contributed by atoms with Crippen LogP contribution in [0.4, 0.5) is 0 Å². The predicted molar refractivity (Wildman–Crippen MR) is 35.9 cm³/mol. The molecule has 0 saturated heterocycles. The van der Waals surface area contributed by atoms with Gasteiger partial charge >= 0.3 is 5.97 Å². The first-order chi connectivity index (χ1) is 5.15. The summed E-state index contributed by atoms with van der Waals surface area (Å²) in [6, 6.07) is 0. The van der Waals surface area contributed by atoms with Crippen molar-refractivity contribution in [1.29, 1.82) is 0 Å². The molecule has 0 atom stereocenters. The van der Waals surface area contributed by atoms with Crippen molar-refractivity contribution in [1.82, 2.24) is 14.8 Å². The highest BCUT2D eigenvalue weighted by molar-refractivity contribution is 5.83. The van der Waals surface area contributed by atoms with E-state index in [-0.39, 0.29) is 12.4 Å². The second kappa shape index (κ2) is 2.67. The topological polar surface area (TPSA) is 94.0 Å². The lowest BCUT2D eigenvalue weighted by Gasteiger charge is -1.88. The van der Waals surface area contributed by atoms with Crippen molar-refractivity contribution in [2.45, 2.75) is 6.54 Å². The first-order valence-electron chi connectivity index (χ1n) is 2.98. The lowest BCUT2D eigenvalue weighted by Crippen LogP contribution is -2.06. The van der Waals surface area contributed by atoms with Crippen LogP contribution in [0.2, 0.25) is 0 Å². The van der Waals surface area contributed by atoms with Crippen LogP contribution in [-0.4, -0.2) is 25.8 Å². The number of carboxylic acids is 1. The molecule has 0 aromatic carbocycles. The van der Waals surface area contributed by atoms with Gasteiger partial charge in [0.25, 0.3) is 0 Å². The van der Waals surface area contributed by atoms with Crippen LogP contribution >= 0.6 is 0 Å². The van der Waals surface area contributed by atoms with E-state index in [1.165, 1.54) is 11.7 Å². The van der Waals surface area contributed by atoms with Crippen LogP contribution in [-0.2, 0) is 13.6 Å². The Kier molecular flexibility index (Phi) is 1.86. The van der Waals surface area contributed by atoms with Gasteiger partial charge in [-0.2, -0.15) is 5.10 Å². The van der Waals surface area contributed by atoms with Crippen LogP contribution in [0.25, 0.3) is 0 Å². The number of carbonyl (C=O) groups is 1. The Morgan fingerprint density at radius 1 is 1.82 bits per heavy atom. The van der Waals surface area contributed by atoms with Gasteiger partial charge in [-0.05, 0) is 0 Å². The van der Waals surface area contributed by atoms with E-state index in [9.17, 15) is 4.79 Å². The molecule has 3 N–H and O–H groups in total. The summed E-state index contributed by atoms with van der Waals surface area (Å²) in [7, 11) is 1.51. The van der Waals surface area contributed by atoms with E-state index in [1.807, 2.05) is 0 Å². The summed E-state index contributed by atoms with van der Waals surface area (Å²) in [6.45, 7) is 0.154. The van der Waals surface area contributed by atoms with Gasteiger partial charge in [0.2, 0.25) is 5.82 Å². The molecule has 6 heteroatoms. The van der Waals surface area contributed by atoms with Crippen molar-refractivity contribution in [3.63, 3.8) is 0 Å². The molecule has 0 radical (unpaired) electrons. The Morgan fingerprint density at radius 3 is 2.73 bits per heavy atom. The number of hydrogen-bond donors (Lipinski definition) is 2. The van der Waals surface area contributed by atoms with Crippen LogP contribution in [0.1, 0.15) is 16.4 Å². The minimum Gasteiger partial charge on any atom is -0.475 e. The van der Waals surface area contributed by atoms with E-state index in [0.29, 0.717) is 5.82 Å². The summed E-state index contributed by atoms with van der Waals surface area (Å²) in [5, 5.41) is 12.3. The number of hydrogen-bond acceptors (Lipinski definition) is 4. The molecule has 1 rings (SSSR count). The highest BCUT2D eigenvalue weighted by Gasteiger charge is 2.11. The van der Waals surface area contributed by atoms with Gasteiger partial charge in [-0.15, -0.1) is 0 Å². The largest absolute Gasteiger partial charge is 0.475 e. The zero-order valence-corrected chi connectivity index (χ0v) is 5.98. The molecule has 0 fully saturated rings. The third-order valence-corrected chi connectivity index (χ3v) is 1.18. The maximum atomic E-state index is 10.4. The van der Waals surface area contributed by atoms with Gasteiger partial charge in [-0.25, -0.2) is 14.5 Å². The third-order valence-electron chi connectivity index (χ3n) is 1.18. The Bertz CT molecular complexity index is 280. The van der Waals surface area contributed by atoms with Crippen molar-refractivity contribution in [3.8, 4) is 0 Å². The molecule has 0 spiro atoms. The molecule has 1 heterocycles. The van der Waals surface area contributed by atoms with Crippen LogP contribution in [0.5, 0.6) is 0 Å². The number of aromatic nitrogens is 3. The highest BCUT2D eigenvalue weighted by atomic mass is 16.4. The summed E-state index contributed by atoms with van der Waals surface area (Å²) in [4.78, 5) is 14.0. The Hall–Kier alpha value is -1.43. The van der Waals surface area contributed by atoms with Crippen molar-refractivity contribution >= 4 is 5.97 Å². The number of nitrogens with zero attached hydrogens (tertiary/aromatic N) is 3. The van der Waals surface area contributed by atoms with Gasteiger partial charge in [0.1, 0.15) is 0 Å². The molecule has 6 nitrogen and oxygen atoms in total. The van der Waals surface area contributed by atoms with Gasteiger partial charge in [0.15, 0.2) is 5.82 Å². The fourth-order valence-electron chi connectivity index (χ4n) is 0.710. The number of aryl methyl sites for hydroxylation is 1. The Balaban J connectivity index is 3.07. The fraction of sp³-hybridized carbons (Fsp3) is 0.400. The summed E-state index contributed by atoms with van der Waals surface area (Å²) in [6.07, 6.45) is 0. The second-order valence-electron chi connectivity index (χ2n) is 1.98. The van der Waals surface area contributed by atoms with Gasteiger partial charge in [-0.3, -0.25) is 0 Å². The minimum absolute atomic E-state index is 0.0922. The van der Waals surface area contributed by atoms with E-state index >= 15 is 0 Å². The maximum Gasteiger partial charge on any atom is 0.373 e. The Labute approximate surface area is 62.6 Å². The lowest BCUT2D eigenvalue weighted by atomic mass is 10.6. The van der Waals surface area contributed by atoms with E-state index in [2.05, 4.69) is 10.1 Å². The van der Waals surface area contributed by atoms with Gasteiger partial charge in [0.05, 0.1) is 6.54 Å². The third kappa shape index (κ3) is 1.35. The first kappa shape index (κ1) is 7.67. The predicted octanol–water partition coefficient (Wildman–Crippen LogP) is -1.03. The number of rotatable bonds is 2. The average Bonchev–Trinajstić information content (AvgIpc) is 2.30. The van der Waals surface area contributed by atoms with Crippen LogP contribution < -0.4 is 5.73 Å². The molecule has 0 unspecified atom stereocenters. The normalized spacial score (nSPS) is 10.0. The van der Waals surface area contributed by atoms with E-state index in [1.54, 1.807) is 0 Å². The molecule has 0 saturated carbocycles. The molecule has 0 aliphatic rings. The quantitative estimate of drug-likeness (QED) is 0.571. The molecule has 60 valence electrons. The van der Waals surface area contributed by atoms with E-state index < -0.39 is 5.97 Å². The first-order valence-corrected chi connectivity index (χ1v) is 2.98. The van der Waals surface area contributed by atoms with Crippen LogP contribution in [0.15, 0.2) is 0 Å². The smallest absolute Gasteiger partial charge is 0.373 e. The number of nitrogens with two attached hydrogens (primary N) is 1. The van der Waals surface area contributed by atoms with Crippen molar-refractivity contribution in [2.75, 3.05) is 0 Å². The van der Waals surface area contributed by atoms with E-state index in [4.69, 9.17) is 10.8 Å². The molecule has 0 amide bonds. The van der Waals surface area contributed by atoms with Gasteiger partial charge in [0, 0.05) is 7.05 Å². The molecule has 0 aliphatic carbocycles. The molecular weight excluding hydrogens is 148 g/mol. The number of carboxylic acid groups (broad SMARTS) is 1. The molecular formula is C5H8N4O2. The zero-order chi connectivity index (χ0) is 8.43. The summed E-state index contributed by atoms with van der Waals surface area (Å²) >= 11 is 0. The van der Waals surface area contributed by atoms with Crippen molar-refractivity contribution in [2.24, 2.45) is 12.8 Å². The molecule has 0 bridgehead atoms. The summed E-state index contributed by atoms with van der Waals surface area (Å²) < 4.78 is 1.19. The minimum atomic E-state index is -1.10. The molecule has 1 aromatic rings. The maximum absolute atomic E-state index is 10.4. The molecule has 1 aromatic heterocycles. The SMILES string of the molecule is Cn1nc(CN)nc1C(=O)O. The van der Waals surface area contributed by atoms with Crippen LogP contribution in [0, 0.1) is 0 Å². The van der Waals surface area contributed by atoms with Crippen molar-refractivity contribution in [3.05, 3.63) is 11.6 Å². The van der Waals surface area contributed by atoms with E-state index in [0.717, 1.165) is 0 Å². The van der Waals surface area contributed by atoms with Gasteiger partial charge in [-0.1, -0.05) is 0 Å². The Morgan fingerprint density at radius 2 is 2.45 bits per heavy atom. The lowest BCUT2D eigenvalue weighted by molar-refractivity contribution is 0.0678. The average molecular weight is 156 g/mol. The van der Waals surface area contributed by atoms with Crippen molar-refractivity contribution < 1.29 is 9.90 Å². The highest BCUT2D eigenvalue weighted by Crippen LogP contribution is 1.94. The standard InChI is InChI=1S/C5H8N4O2/c1-9-4(5(10)11)7-3(2-6)8-9/h2,6H2,1H3,(H,10,11). The molecule has 11 heavy (non-hydrogen) atoms. The fourth-order valence-corrected chi connectivity index (χ4v) is 0.710. The summed E-state index contributed by atoms with van der Waals surface area (Å²) in [5.41, 5.74) is 5.20. The summed E-state index contributed by atoms with van der Waals surface area (Å²) in [5.74, 6) is -0.852. The second-order valence-corrected chi connectivity index (χ2v) is 1.98. The van der Waals surface area contributed by atoms with Crippen LogP contribution in [0.3, 0.4) is 0 Å².